The molecule has 1 unspecified atom stereocenters. The standard InChI is InChI=1S/C12H19ClN4O/c1-3-17-12(18)11(13)10(8-15-17)16-6-4-5-9(16)7-14-2/h8-9,14H,3-7H2,1-2H3. The first kappa shape index (κ1) is 13.4. The van der Waals surface area contributed by atoms with Gasteiger partial charge in [-0.3, -0.25) is 4.79 Å². The van der Waals surface area contributed by atoms with Crippen LogP contribution >= 0.6 is 11.6 Å². The van der Waals surface area contributed by atoms with Crippen LogP contribution < -0.4 is 15.8 Å². The van der Waals surface area contributed by atoms with Gasteiger partial charge in [-0.05, 0) is 26.8 Å². The third-order valence-corrected chi connectivity index (χ3v) is 3.75. The highest BCUT2D eigenvalue weighted by Crippen LogP contribution is 2.28. The summed E-state index contributed by atoms with van der Waals surface area (Å²) in [6.45, 7) is 4.25. The van der Waals surface area contributed by atoms with E-state index in [-0.39, 0.29) is 10.6 Å². The van der Waals surface area contributed by atoms with Crippen molar-refractivity contribution in [2.45, 2.75) is 32.4 Å². The van der Waals surface area contributed by atoms with Crippen LogP contribution in [-0.2, 0) is 6.54 Å². The summed E-state index contributed by atoms with van der Waals surface area (Å²) >= 11 is 6.19. The molecular formula is C12H19ClN4O. The molecule has 2 rings (SSSR count). The molecule has 0 aromatic carbocycles. The molecule has 2 heterocycles. The number of aromatic nitrogens is 2. The Morgan fingerprint density at radius 3 is 3.06 bits per heavy atom. The first-order valence-electron chi connectivity index (χ1n) is 6.36. The summed E-state index contributed by atoms with van der Waals surface area (Å²) in [5.74, 6) is 0. The second-order valence-corrected chi connectivity index (χ2v) is 4.89. The van der Waals surface area contributed by atoms with Crippen molar-refractivity contribution >= 4 is 17.3 Å². The zero-order valence-electron chi connectivity index (χ0n) is 10.8. The van der Waals surface area contributed by atoms with Gasteiger partial charge in [0.2, 0.25) is 0 Å². The fraction of sp³-hybridized carbons (Fsp3) is 0.667. The lowest BCUT2D eigenvalue weighted by molar-refractivity contribution is 0.597. The summed E-state index contributed by atoms with van der Waals surface area (Å²) in [7, 11) is 1.94. The average molecular weight is 271 g/mol. The maximum atomic E-state index is 12.0. The lowest BCUT2D eigenvalue weighted by atomic mass is 10.2. The third-order valence-electron chi connectivity index (χ3n) is 3.39. The van der Waals surface area contributed by atoms with Gasteiger partial charge in [-0.25, -0.2) is 4.68 Å². The van der Waals surface area contributed by atoms with E-state index in [0.29, 0.717) is 12.6 Å². The van der Waals surface area contributed by atoms with Crippen molar-refractivity contribution in [3.05, 3.63) is 21.6 Å². The van der Waals surface area contributed by atoms with E-state index >= 15 is 0 Å². The molecule has 1 saturated heterocycles. The number of nitrogens with one attached hydrogen (secondary N) is 1. The van der Waals surface area contributed by atoms with E-state index in [1.807, 2.05) is 14.0 Å². The first-order valence-corrected chi connectivity index (χ1v) is 6.73. The monoisotopic (exact) mass is 270 g/mol. The zero-order valence-corrected chi connectivity index (χ0v) is 11.6. The van der Waals surface area contributed by atoms with E-state index in [9.17, 15) is 4.79 Å². The van der Waals surface area contributed by atoms with E-state index in [2.05, 4.69) is 15.3 Å². The van der Waals surface area contributed by atoms with Gasteiger partial charge in [-0.15, -0.1) is 0 Å². The lowest BCUT2D eigenvalue weighted by Gasteiger charge is -2.27. The van der Waals surface area contributed by atoms with Gasteiger partial charge in [-0.2, -0.15) is 5.10 Å². The predicted molar refractivity (Wildman–Crippen MR) is 73.5 cm³/mol. The Balaban J connectivity index is 2.33. The van der Waals surface area contributed by atoms with Gasteiger partial charge in [0.15, 0.2) is 0 Å². The summed E-state index contributed by atoms with van der Waals surface area (Å²) in [6, 6.07) is 0.395. The maximum absolute atomic E-state index is 12.0. The molecule has 100 valence electrons. The van der Waals surface area contributed by atoms with Crippen LogP contribution in [0.1, 0.15) is 19.8 Å². The first-order chi connectivity index (χ1) is 8.69. The van der Waals surface area contributed by atoms with Crippen molar-refractivity contribution in [1.82, 2.24) is 15.1 Å². The van der Waals surface area contributed by atoms with Crippen molar-refractivity contribution < 1.29 is 0 Å². The van der Waals surface area contributed by atoms with Gasteiger partial charge in [0, 0.05) is 25.7 Å². The molecule has 0 saturated carbocycles. The quantitative estimate of drug-likeness (QED) is 0.890. The summed E-state index contributed by atoms with van der Waals surface area (Å²) in [5.41, 5.74) is 0.566. The minimum atomic E-state index is -0.202. The summed E-state index contributed by atoms with van der Waals surface area (Å²) in [6.07, 6.45) is 3.95. The number of nitrogens with zero attached hydrogens (tertiary/aromatic N) is 3. The molecule has 0 amide bonds. The maximum Gasteiger partial charge on any atom is 0.287 e. The van der Waals surface area contributed by atoms with E-state index < -0.39 is 0 Å². The SMILES string of the molecule is CCn1ncc(N2CCCC2CNC)c(Cl)c1=O. The largest absolute Gasteiger partial charge is 0.365 e. The Kier molecular flexibility index (Phi) is 4.24. The zero-order chi connectivity index (χ0) is 13.1. The fourth-order valence-corrected chi connectivity index (χ4v) is 2.74. The van der Waals surface area contributed by atoms with E-state index in [0.717, 1.165) is 31.6 Å². The summed E-state index contributed by atoms with van der Waals surface area (Å²) in [4.78, 5) is 14.2. The van der Waals surface area contributed by atoms with Crippen molar-refractivity contribution in [3.8, 4) is 0 Å². The molecule has 0 spiro atoms. The molecule has 0 aliphatic carbocycles. The molecule has 1 aromatic rings. The van der Waals surface area contributed by atoms with Crippen molar-refractivity contribution in [3.63, 3.8) is 0 Å². The van der Waals surface area contributed by atoms with Crippen molar-refractivity contribution in [1.29, 1.82) is 0 Å². The average Bonchev–Trinajstić information content (AvgIpc) is 2.81. The molecule has 1 aromatic heterocycles. The number of likely N-dealkylation sites (N-methyl/N-ethyl adjacent to an activating group) is 1. The highest BCUT2D eigenvalue weighted by Gasteiger charge is 2.27. The minimum Gasteiger partial charge on any atom is -0.365 e. The van der Waals surface area contributed by atoms with Gasteiger partial charge in [0.05, 0.1) is 11.9 Å². The van der Waals surface area contributed by atoms with Gasteiger partial charge in [-0.1, -0.05) is 11.6 Å². The molecule has 5 nitrogen and oxygen atoms in total. The Morgan fingerprint density at radius 1 is 1.61 bits per heavy atom. The van der Waals surface area contributed by atoms with Crippen LogP contribution in [0.15, 0.2) is 11.0 Å². The predicted octanol–water partition coefficient (Wildman–Crippen LogP) is 1.10. The Labute approximate surface area is 112 Å². The van der Waals surface area contributed by atoms with Crippen LogP contribution in [0.2, 0.25) is 5.02 Å². The molecule has 1 atom stereocenters. The second kappa shape index (κ2) is 5.71. The molecule has 18 heavy (non-hydrogen) atoms. The fourth-order valence-electron chi connectivity index (χ4n) is 2.48. The topological polar surface area (TPSA) is 50.2 Å². The van der Waals surface area contributed by atoms with Gasteiger partial charge in [0.1, 0.15) is 5.02 Å². The van der Waals surface area contributed by atoms with Crippen LogP contribution in [0.4, 0.5) is 5.69 Å². The van der Waals surface area contributed by atoms with Gasteiger partial charge < -0.3 is 10.2 Å². The normalized spacial score (nSPS) is 19.5. The number of hydrogen-bond acceptors (Lipinski definition) is 4. The van der Waals surface area contributed by atoms with Crippen LogP contribution in [0.3, 0.4) is 0 Å². The highest BCUT2D eigenvalue weighted by atomic mass is 35.5. The van der Waals surface area contributed by atoms with E-state index in [4.69, 9.17) is 11.6 Å². The molecule has 0 radical (unpaired) electrons. The Bertz CT molecular complexity index is 474. The second-order valence-electron chi connectivity index (χ2n) is 4.51. The minimum absolute atomic E-state index is 0.202. The molecule has 1 aliphatic heterocycles. The van der Waals surface area contributed by atoms with Crippen LogP contribution in [0, 0.1) is 0 Å². The van der Waals surface area contributed by atoms with Crippen LogP contribution in [-0.4, -0.2) is 36.0 Å². The highest BCUT2D eigenvalue weighted by molar-refractivity contribution is 6.33. The molecule has 0 bridgehead atoms. The van der Waals surface area contributed by atoms with E-state index in [1.165, 1.54) is 4.68 Å². The smallest absolute Gasteiger partial charge is 0.287 e. The Morgan fingerprint density at radius 2 is 2.39 bits per heavy atom. The molecule has 1 fully saturated rings. The lowest BCUT2D eigenvalue weighted by Crippen LogP contribution is -2.38. The molecule has 1 N–H and O–H groups in total. The van der Waals surface area contributed by atoms with Crippen LogP contribution in [0.5, 0.6) is 0 Å². The van der Waals surface area contributed by atoms with Gasteiger partial charge in [0.25, 0.3) is 5.56 Å². The van der Waals surface area contributed by atoms with Gasteiger partial charge >= 0.3 is 0 Å². The molecular weight excluding hydrogens is 252 g/mol. The third kappa shape index (κ3) is 2.37. The number of hydrogen-bond donors (Lipinski definition) is 1. The summed E-state index contributed by atoms with van der Waals surface area (Å²) in [5, 5.41) is 7.62. The van der Waals surface area contributed by atoms with Crippen LogP contribution in [0.25, 0.3) is 0 Å². The summed E-state index contributed by atoms with van der Waals surface area (Å²) < 4.78 is 1.38. The Hall–Kier alpha value is -1.07. The van der Waals surface area contributed by atoms with E-state index in [1.54, 1.807) is 6.20 Å². The number of rotatable bonds is 4. The molecule has 1 aliphatic rings. The number of anilines is 1. The van der Waals surface area contributed by atoms with Crippen molar-refractivity contribution in [2.24, 2.45) is 0 Å². The molecule has 6 heteroatoms. The van der Waals surface area contributed by atoms with Crippen molar-refractivity contribution in [2.75, 3.05) is 25.0 Å². The number of halogens is 1. The number of aryl methyl sites for hydroxylation is 1.